The van der Waals surface area contributed by atoms with Gasteiger partial charge in [-0.05, 0) is 0 Å². The maximum atomic E-state index is 10.4. The highest BCUT2D eigenvalue weighted by molar-refractivity contribution is 5.72. The summed E-state index contributed by atoms with van der Waals surface area (Å²) >= 11 is 0. The summed E-state index contributed by atoms with van der Waals surface area (Å²) in [5.74, 6) is 1.69. The fraction of sp³-hybridized carbons (Fsp3) is 0.429. The number of nitrogens with zero attached hydrogens (tertiary/aromatic N) is 1. The van der Waals surface area contributed by atoms with Crippen molar-refractivity contribution in [2.45, 2.75) is 12.8 Å². The van der Waals surface area contributed by atoms with Gasteiger partial charge in [-0.3, -0.25) is 4.79 Å². The molecule has 0 aliphatic heterocycles. The summed E-state index contributed by atoms with van der Waals surface area (Å²) in [4.78, 5) is 10.4. The Bertz CT molecular complexity index is 185. The van der Waals surface area contributed by atoms with Gasteiger partial charge in [-0.15, -0.1) is 6.42 Å². The van der Waals surface area contributed by atoms with Crippen molar-refractivity contribution in [1.29, 1.82) is 5.26 Å². The molecule has 0 heterocycles. The largest absolute Gasteiger partial charge is 0.464 e. The summed E-state index contributed by atoms with van der Waals surface area (Å²) in [6.45, 7) is 0.136. The van der Waals surface area contributed by atoms with Crippen LogP contribution in [-0.4, -0.2) is 12.6 Å². The van der Waals surface area contributed by atoms with Crippen LogP contribution in [0.25, 0.3) is 0 Å². The molecule has 0 aliphatic rings. The Labute approximate surface area is 59.6 Å². The van der Waals surface area contributed by atoms with E-state index in [4.69, 9.17) is 11.7 Å². The first-order valence-corrected chi connectivity index (χ1v) is 2.77. The van der Waals surface area contributed by atoms with Crippen molar-refractivity contribution in [1.82, 2.24) is 0 Å². The molecule has 0 saturated heterocycles. The van der Waals surface area contributed by atoms with Gasteiger partial charge in [0.1, 0.15) is 13.0 Å². The zero-order valence-electron chi connectivity index (χ0n) is 5.46. The Kier molecular flexibility index (Phi) is 4.82. The molecule has 0 saturated carbocycles. The highest BCUT2D eigenvalue weighted by atomic mass is 16.5. The fourth-order valence-electron chi connectivity index (χ4n) is 0.345. The Morgan fingerprint density at radius 1 is 1.70 bits per heavy atom. The summed E-state index contributed by atoms with van der Waals surface area (Å²) in [6, 6.07) is 1.84. The van der Waals surface area contributed by atoms with Gasteiger partial charge in [0.15, 0.2) is 0 Å². The highest BCUT2D eigenvalue weighted by Crippen LogP contribution is 1.85. The molecule has 0 amide bonds. The molecular formula is C7H7NO2. The van der Waals surface area contributed by atoms with E-state index in [0.29, 0.717) is 0 Å². The van der Waals surface area contributed by atoms with E-state index in [0.717, 1.165) is 0 Å². The van der Waals surface area contributed by atoms with Crippen molar-refractivity contribution in [3.05, 3.63) is 0 Å². The van der Waals surface area contributed by atoms with Gasteiger partial charge in [0.05, 0.1) is 12.5 Å². The molecule has 0 bridgehead atoms. The van der Waals surface area contributed by atoms with Crippen LogP contribution in [0.2, 0.25) is 0 Å². The van der Waals surface area contributed by atoms with E-state index >= 15 is 0 Å². The van der Waals surface area contributed by atoms with Crippen LogP contribution in [0.1, 0.15) is 12.8 Å². The number of hydrogen-bond acceptors (Lipinski definition) is 3. The second-order valence-electron chi connectivity index (χ2n) is 1.51. The van der Waals surface area contributed by atoms with E-state index in [2.05, 4.69) is 10.7 Å². The van der Waals surface area contributed by atoms with Crippen LogP contribution in [0.15, 0.2) is 0 Å². The van der Waals surface area contributed by atoms with Gasteiger partial charge in [-0.25, -0.2) is 0 Å². The monoisotopic (exact) mass is 137 g/mol. The quantitative estimate of drug-likeness (QED) is 0.322. The molecule has 0 fully saturated rings. The minimum Gasteiger partial charge on any atom is -0.464 e. The van der Waals surface area contributed by atoms with Crippen molar-refractivity contribution in [3.8, 4) is 18.4 Å². The molecule has 0 aromatic carbocycles. The summed E-state index contributed by atoms with van der Waals surface area (Å²) in [7, 11) is 0. The van der Waals surface area contributed by atoms with E-state index in [1.165, 1.54) is 0 Å². The topological polar surface area (TPSA) is 50.1 Å². The van der Waals surface area contributed by atoms with Gasteiger partial charge in [-0.1, -0.05) is 5.92 Å². The average molecular weight is 137 g/mol. The fourth-order valence-corrected chi connectivity index (χ4v) is 0.345. The highest BCUT2D eigenvalue weighted by Gasteiger charge is 1.96. The molecule has 0 N–H and O–H groups in total. The number of esters is 1. The summed E-state index contributed by atoms with van der Waals surface area (Å²) in [5.41, 5.74) is 0. The van der Waals surface area contributed by atoms with Crippen LogP contribution in [-0.2, 0) is 9.53 Å². The van der Waals surface area contributed by atoms with Gasteiger partial charge < -0.3 is 4.74 Å². The summed E-state index contributed by atoms with van der Waals surface area (Å²) in [6.07, 6.45) is 5.01. The Morgan fingerprint density at radius 3 is 2.90 bits per heavy atom. The van der Waals surface area contributed by atoms with Crippen molar-refractivity contribution < 1.29 is 9.53 Å². The Hall–Kier alpha value is -1.48. The molecule has 0 radical (unpaired) electrons. The maximum absolute atomic E-state index is 10.4. The van der Waals surface area contributed by atoms with Gasteiger partial charge >= 0.3 is 5.97 Å². The van der Waals surface area contributed by atoms with Crippen LogP contribution in [0.4, 0.5) is 0 Å². The number of carbonyl (C=O) groups is 1. The number of carbonyl (C=O) groups excluding carboxylic acids is 1. The molecular weight excluding hydrogens is 130 g/mol. The van der Waals surface area contributed by atoms with Crippen molar-refractivity contribution in [3.63, 3.8) is 0 Å². The van der Waals surface area contributed by atoms with E-state index in [9.17, 15) is 4.79 Å². The lowest BCUT2D eigenvalue weighted by Crippen LogP contribution is -2.03. The SMILES string of the molecule is C#CCC(=O)OCCC#N. The van der Waals surface area contributed by atoms with Crippen LogP contribution < -0.4 is 0 Å². The predicted octanol–water partition coefficient (Wildman–Crippen LogP) is 0.467. The van der Waals surface area contributed by atoms with E-state index in [1.54, 1.807) is 0 Å². The summed E-state index contributed by atoms with van der Waals surface area (Å²) in [5, 5.41) is 8.03. The zero-order chi connectivity index (χ0) is 7.82. The van der Waals surface area contributed by atoms with Crippen molar-refractivity contribution in [2.24, 2.45) is 0 Å². The average Bonchev–Trinajstić information content (AvgIpc) is 1.89. The van der Waals surface area contributed by atoms with Crippen LogP contribution in [0.3, 0.4) is 0 Å². The Morgan fingerprint density at radius 2 is 2.40 bits per heavy atom. The number of hydrogen-bond donors (Lipinski definition) is 0. The van der Waals surface area contributed by atoms with Crippen LogP contribution in [0.5, 0.6) is 0 Å². The molecule has 0 aromatic heterocycles. The number of nitriles is 1. The molecule has 0 aromatic rings. The van der Waals surface area contributed by atoms with E-state index in [1.807, 2.05) is 6.07 Å². The van der Waals surface area contributed by atoms with Gasteiger partial charge in [0, 0.05) is 0 Å². The molecule has 0 spiro atoms. The first kappa shape index (κ1) is 8.52. The third kappa shape index (κ3) is 4.67. The zero-order valence-corrected chi connectivity index (χ0v) is 5.46. The smallest absolute Gasteiger partial charge is 0.317 e. The second kappa shape index (κ2) is 5.65. The molecule has 3 nitrogen and oxygen atoms in total. The van der Waals surface area contributed by atoms with Crippen molar-refractivity contribution >= 4 is 5.97 Å². The molecule has 52 valence electrons. The summed E-state index contributed by atoms with van der Waals surface area (Å²) < 4.78 is 4.52. The van der Waals surface area contributed by atoms with Crippen LogP contribution in [0, 0.1) is 23.7 Å². The number of terminal acetylenes is 1. The molecule has 10 heavy (non-hydrogen) atoms. The number of rotatable bonds is 3. The third-order valence-corrected chi connectivity index (χ3v) is 0.723. The molecule has 0 rings (SSSR count). The second-order valence-corrected chi connectivity index (χ2v) is 1.51. The van der Waals surface area contributed by atoms with Gasteiger partial charge in [0.25, 0.3) is 0 Å². The first-order valence-electron chi connectivity index (χ1n) is 2.77. The normalized spacial score (nSPS) is 7.40. The Balaban J connectivity index is 3.26. The van der Waals surface area contributed by atoms with E-state index in [-0.39, 0.29) is 19.4 Å². The molecule has 3 heteroatoms. The lowest BCUT2D eigenvalue weighted by atomic mass is 10.4. The first-order chi connectivity index (χ1) is 4.81. The third-order valence-electron chi connectivity index (χ3n) is 0.723. The predicted molar refractivity (Wildman–Crippen MR) is 34.6 cm³/mol. The minimum atomic E-state index is -0.447. The number of ether oxygens (including phenoxy) is 1. The van der Waals surface area contributed by atoms with E-state index < -0.39 is 5.97 Å². The maximum Gasteiger partial charge on any atom is 0.317 e. The lowest BCUT2D eigenvalue weighted by Gasteiger charge is -1.96. The molecule has 0 atom stereocenters. The van der Waals surface area contributed by atoms with Gasteiger partial charge in [-0.2, -0.15) is 5.26 Å². The molecule has 0 unspecified atom stereocenters. The standard InChI is InChI=1S/C7H7NO2/c1-2-4-7(9)10-6-3-5-8/h1H,3-4,6H2. The minimum absolute atomic E-state index is 0.0224. The van der Waals surface area contributed by atoms with Crippen LogP contribution >= 0.6 is 0 Å². The molecule has 0 aliphatic carbocycles. The van der Waals surface area contributed by atoms with Gasteiger partial charge in [0.2, 0.25) is 0 Å². The lowest BCUT2D eigenvalue weighted by molar-refractivity contribution is -0.142. The van der Waals surface area contributed by atoms with Crippen molar-refractivity contribution in [2.75, 3.05) is 6.61 Å².